The van der Waals surface area contributed by atoms with Gasteiger partial charge in [-0.1, -0.05) is 0 Å². The van der Waals surface area contributed by atoms with Crippen LogP contribution in [-0.4, -0.2) is 56.5 Å². The Morgan fingerprint density at radius 3 is 2.86 bits per heavy atom. The van der Waals surface area contributed by atoms with E-state index in [1.54, 1.807) is 7.11 Å². The third-order valence-corrected chi connectivity index (χ3v) is 4.69. The molecule has 1 atom stereocenters. The minimum Gasteiger partial charge on any atom is -0.497 e. The lowest BCUT2D eigenvalue weighted by molar-refractivity contribution is 0.203. The van der Waals surface area contributed by atoms with Crippen LogP contribution in [0.1, 0.15) is 19.8 Å². The molecule has 2 aliphatic heterocycles. The van der Waals surface area contributed by atoms with Crippen molar-refractivity contribution < 1.29 is 4.74 Å². The Balaban J connectivity index is 1.71. The number of hydrogen-bond acceptors (Lipinski definition) is 5. The molecule has 5 heteroatoms. The topological polar surface area (TPSA) is 54.1 Å². The molecule has 2 heterocycles. The van der Waals surface area contributed by atoms with Gasteiger partial charge < -0.3 is 20.3 Å². The normalized spacial score (nSPS) is 20.8. The highest BCUT2D eigenvalue weighted by Gasteiger charge is 2.24. The summed E-state index contributed by atoms with van der Waals surface area (Å²) in [5, 5.41) is 0. The summed E-state index contributed by atoms with van der Waals surface area (Å²) < 4.78 is 5.37. The van der Waals surface area contributed by atoms with Crippen LogP contribution in [0.3, 0.4) is 0 Å². The van der Waals surface area contributed by atoms with Crippen LogP contribution in [0.25, 0.3) is 0 Å². The highest BCUT2D eigenvalue weighted by Crippen LogP contribution is 2.35. The van der Waals surface area contributed by atoms with Gasteiger partial charge in [-0.25, -0.2) is 0 Å². The number of methoxy groups -OCH3 is 1. The maximum Gasteiger partial charge on any atom is 0.121 e. The number of fused-ring (bicyclic) bond motifs is 1. The van der Waals surface area contributed by atoms with Gasteiger partial charge in [-0.05, 0) is 45.0 Å². The van der Waals surface area contributed by atoms with Crippen molar-refractivity contribution in [3.63, 3.8) is 0 Å². The highest BCUT2D eigenvalue weighted by molar-refractivity contribution is 5.82. The first-order valence-corrected chi connectivity index (χ1v) is 8.12. The number of nitrogens with zero attached hydrogens (tertiary/aromatic N) is 3. The standard InChI is InChI=1S/C17H26N4O/c1-13(12-20-8-5-14(18)6-9-20)21-10-7-19-16-4-3-15(22-2)11-17(16)21/h3-4,7,11,13-14H,5-6,8-10,12,18H2,1-2H3. The Morgan fingerprint density at radius 2 is 2.14 bits per heavy atom. The first-order chi connectivity index (χ1) is 10.7. The van der Waals surface area contributed by atoms with Crippen molar-refractivity contribution in [3.05, 3.63) is 18.2 Å². The molecule has 2 N–H and O–H groups in total. The molecule has 0 bridgehead atoms. The van der Waals surface area contributed by atoms with Crippen molar-refractivity contribution in [1.29, 1.82) is 0 Å². The van der Waals surface area contributed by atoms with Crippen molar-refractivity contribution in [2.75, 3.05) is 38.2 Å². The summed E-state index contributed by atoms with van der Waals surface area (Å²) in [6.45, 7) is 6.43. The second-order valence-electron chi connectivity index (χ2n) is 6.31. The van der Waals surface area contributed by atoms with Crippen LogP contribution in [-0.2, 0) is 0 Å². The molecule has 1 fully saturated rings. The quantitative estimate of drug-likeness (QED) is 0.924. The molecule has 0 saturated carbocycles. The van der Waals surface area contributed by atoms with Gasteiger partial charge in [0.1, 0.15) is 5.75 Å². The van der Waals surface area contributed by atoms with Gasteiger partial charge in [0.2, 0.25) is 0 Å². The first-order valence-electron chi connectivity index (χ1n) is 8.12. The van der Waals surface area contributed by atoms with E-state index in [4.69, 9.17) is 10.5 Å². The van der Waals surface area contributed by atoms with Gasteiger partial charge in [0, 0.05) is 30.9 Å². The summed E-state index contributed by atoms with van der Waals surface area (Å²) in [5.41, 5.74) is 8.19. The molecule has 0 radical (unpaired) electrons. The van der Waals surface area contributed by atoms with E-state index in [9.17, 15) is 0 Å². The Bertz CT molecular complexity index is 537. The van der Waals surface area contributed by atoms with Crippen LogP contribution < -0.4 is 15.4 Å². The summed E-state index contributed by atoms with van der Waals surface area (Å²) in [4.78, 5) is 9.45. The number of likely N-dealkylation sites (tertiary alicyclic amines) is 1. The van der Waals surface area contributed by atoms with E-state index < -0.39 is 0 Å². The van der Waals surface area contributed by atoms with Crippen LogP contribution in [0, 0.1) is 0 Å². The Kier molecular flexibility index (Phi) is 4.64. The fraction of sp³-hybridized carbons (Fsp3) is 0.588. The second kappa shape index (κ2) is 6.67. The lowest BCUT2D eigenvalue weighted by Crippen LogP contribution is -2.48. The molecular formula is C17H26N4O. The molecule has 120 valence electrons. The summed E-state index contributed by atoms with van der Waals surface area (Å²) in [7, 11) is 1.71. The van der Waals surface area contributed by atoms with Crippen molar-refractivity contribution in [2.45, 2.75) is 31.8 Å². The number of rotatable bonds is 4. The van der Waals surface area contributed by atoms with Gasteiger partial charge in [0.15, 0.2) is 0 Å². The van der Waals surface area contributed by atoms with E-state index in [-0.39, 0.29) is 0 Å². The second-order valence-corrected chi connectivity index (χ2v) is 6.31. The number of hydrogen-bond donors (Lipinski definition) is 1. The zero-order chi connectivity index (χ0) is 15.5. The van der Waals surface area contributed by atoms with E-state index in [0.717, 1.165) is 50.5 Å². The molecule has 1 unspecified atom stereocenters. The number of piperidine rings is 1. The number of benzene rings is 1. The first kappa shape index (κ1) is 15.3. The van der Waals surface area contributed by atoms with Gasteiger partial charge in [-0.3, -0.25) is 4.99 Å². The zero-order valence-electron chi connectivity index (χ0n) is 13.5. The number of nitrogens with two attached hydrogens (primary N) is 1. The maximum atomic E-state index is 6.00. The van der Waals surface area contributed by atoms with E-state index in [2.05, 4.69) is 27.8 Å². The number of ether oxygens (including phenoxy) is 1. The van der Waals surface area contributed by atoms with Gasteiger partial charge in [0.05, 0.1) is 25.0 Å². The number of aliphatic imine (C=N–C) groups is 1. The fourth-order valence-electron chi connectivity index (χ4n) is 3.32. The molecule has 0 amide bonds. The summed E-state index contributed by atoms with van der Waals surface area (Å²) in [6.07, 6.45) is 4.22. The highest BCUT2D eigenvalue weighted by atomic mass is 16.5. The molecule has 1 aromatic rings. The molecule has 2 aliphatic rings. The van der Waals surface area contributed by atoms with Crippen LogP contribution in [0.2, 0.25) is 0 Å². The third kappa shape index (κ3) is 3.25. The molecule has 3 rings (SSSR count). The number of anilines is 1. The van der Waals surface area contributed by atoms with Crippen LogP contribution in [0.4, 0.5) is 11.4 Å². The summed E-state index contributed by atoms with van der Waals surface area (Å²) >= 11 is 0. The zero-order valence-corrected chi connectivity index (χ0v) is 13.5. The average Bonchev–Trinajstić information content (AvgIpc) is 2.55. The van der Waals surface area contributed by atoms with Gasteiger partial charge in [-0.2, -0.15) is 0 Å². The molecule has 1 aromatic carbocycles. The predicted molar refractivity (Wildman–Crippen MR) is 91.6 cm³/mol. The predicted octanol–water partition coefficient (Wildman–Crippen LogP) is 2.03. The molecule has 1 saturated heterocycles. The third-order valence-electron chi connectivity index (χ3n) is 4.69. The average molecular weight is 302 g/mol. The smallest absolute Gasteiger partial charge is 0.121 e. The van der Waals surface area contributed by atoms with Crippen molar-refractivity contribution >= 4 is 17.6 Å². The monoisotopic (exact) mass is 302 g/mol. The van der Waals surface area contributed by atoms with Crippen molar-refractivity contribution in [2.24, 2.45) is 10.7 Å². The van der Waals surface area contributed by atoms with Gasteiger partial charge >= 0.3 is 0 Å². The molecular weight excluding hydrogens is 276 g/mol. The Morgan fingerprint density at radius 1 is 1.36 bits per heavy atom. The van der Waals surface area contributed by atoms with E-state index in [1.165, 1.54) is 5.69 Å². The van der Waals surface area contributed by atoms with Gasteiger partial charge in [-0.15, -0.1) is 0 Å². The molecule has 0 spiro atoms. The Hall–Kier alpha value is -1.59. The van der Waals surface area contributed by atoms with E-state index >= 15 is 0 Å². The minimum absolute atomic E-state index is 0.388. The van der Waals surface area contributed by atoms with E-state index in [1.807, 2.05) is 18.3 Å². The molecule has 0 aliphatic carbocycles. The SMILES string of the molecule is COc1ccc2c(c1)N(C(C)CN1CCC(N)CC1)CC=N2. The van der Waals surface area contributed by atoms with Crippen LogP contribution in [0.5, 0.6) is 5.75 Å². The lowest BCUT2D eigenvalue weighted by Gasteiger charge is -2.38. The minimum atomic E-state index is 0.388. The molecule has 22 heavy (non-hydrogen) atoms. The fourth-order valence-corrected chi connectivity index (χ4v) is 3.32. The molecule has 0 aromatic heterocycles. The maximum absolute atomic E-state index is 6.00. The van der Waals surface area contributed by atoms with Crippen LogP contribution >= 0.6 is 0 Å². The van der Waals surface area contributed by atoms with Crippen molar-refractivity contribution in [3.8, 4) is 5.75 Å². The summed E-state index contributed by atoms with van der Waals surface area (Å²) in [5.74, 6) is 0.886. The van der Waals surface area contributed by atoms with E-state index in [0.29, 0.717) is 12.1 Å². The van der Waals surface area contributed by atoms with Crippen LogP contribution in [0.15, 0.2) is 23.2 Å². The van der Waals surface area contributed by atoms with Gasteiger partial charge in [0.25, 0.3) is 0 Å². The summed E-state index contributed by atoms with van der Waals surface area (Å²) in [6, 6.07) is 6.92. The van der Waals surface area contributed by atoms with Crippen molar-refractivity contribution in [1.82, 2.24) is 4.90 Å². The Labute approximate surface area is 132 Å². The molecule has 5 nitrogen and oxygen atoms in total. The lowest BCUT2D eigenvalue weighted by atomic mass is 10.1. The largest absolute Gasteiger partial charge is 0.497 e.